The Morgan fingerprint density at radius 1 is 1.02 bits per heavy atom. The van der Waals surface area contributed by atoms with Gasteiger partial charge in [-0.25, -0.2) is 13.3 Å². The standard InChI is InChI=1S/C36H34F2N6O2/c1-19-27-8-10-33(45)40-35(27)29(38)14-28(19)22-5-6-23-12-32(43(31(23)11-22)15-21-3-4-21)34-20(2)30-9-7-24(16-44(30)41-34)36(46)42-17-25(37)13-26(39)18-42/h5-12,14,16,21,25-26H,3-4,13,15,17-18,39H2,1-2H3,(H,40,45)/t25-,26-/m1/s1. The number of hydrogen-bond donors (Lipinski definition) is 2. The van der Waals surface area contributed by atoms with E-state index in [0.717, 1.165) is 56.6 Å². The second kappa shape index (κ2) is 10.6. The molecule has 1 saturated carbocycles. The van der Waals surface area contributed by atoms with Gasteiger partial charge in [0.1, 0.15) is 17.7 Å². The number of alkyl halides is 1. The van der Waals surface area contributed by atoms with Gasteiger partial charge in [-0.2, -0.15) is 5.10 Å². The van der Waals surface area contributed by atoms with Crippen molar-refractivity contribution in [3.63, 3.8) is 0 Å². The van der Waals surface area contributed by atoms with Gasteiger partial charge in [0.25, 0.3) is 5.91 Å². The van der Waals surface area contributed by atoms with Crippen LogP contribution in [-0.4, -0.2) is 55.3 Å². The molecule has 0 spiro atoms. The van der Waals surface area contributed by atoms with Crippen molar-refractivity contribution in [1.82, 2.24) is 24.1 Å². The lowest BCUT2D eigenvalue weighted by atomic mass is 9.96. The van der Waals surface area contributed by atoms with Crippen molar-refractivity contribution in [1.29, 1.82) is 0 Å². The SMILES string of the molecule is Cc1c(-c2ccc3cc(-c4nn5cc(C(=O)N6C[C@H](N)C[C@@H](F)C6)ccc5c4C)n(CC4CC4)c3c2)cc(F)c2[nH]c(=O)ccc12. The summed E-state index contributed by atoms with van der Waals surface area (Å²) in [5, 5.41) is 6.71. The second-order valence-corrected chi connectivity index (χ2v) is 13.0. The monoisotopic (exact) mass is 620 g/mol. The average Bonchev–Trinajstić information content (AvgIpc) is 3.71. The highest BCUT2D eigenvalue weighted by atomic mass is 19.1. The van der Waals surface area contributed by atoms with Gasteiger partial charge in [0, 0.05) is 53.2 Å². The van der Waals surface area contributed by atoms with Crippen LogP contribution in [0.15, 0.2) is 65.6 Å². The van der Waals surface area contributed by atoms with Crippen LogP contribution >= 0.6 is 0 Å². The second-order valence-electron chi connectivity index (χ2n) is 13.0. The molecule has 2 aromatic carbocycles. The van der Waals surface area contributed by atoms with Gasteiger partial charge in [0.15, 0.2) is 0 Å². The van der Waals surface area contributed by atoms with Crippen LogP contribution in [0, 0.1) is 25.6 Å². The molecule has 0 unspecified atom stereocenters. The van der Waals surface area contributed by atoms with Gasteiger partial charge in [-0.05, 0) is 92.1 Å². The molecule has 6 aromatic rings. The minimum absolute atomic E-state index is 0.0438. The maximum absolute atomic E-state index is 15.2. The number of nitrogens with zero attached hydrogens (tertiary/aromatic N) is 4. The summed E-state index contributed by atoms with van der Waals surface area (Å²) in [4.78, 5) is 29.3. The quantitative estimate of drug-likeness (QED) is 0.242. The number of pyridine rings is 2. The lowest BCUT2D eigenvalue weighted by molar-refractivity contribution is 0.0606. The van der Waals surface area contributed by atoms with Crippen molar-refractivity contribution in [2.45, 2.75) is 51.9 Å². The third-order valence-electron chi connectivity index (χ3n) is 9.67. The first-order chi connectivity index (χ1) is 22.1. The van der Waals surface area contributed by atoms with Crippen LogP contribution in [0.3, 0.4) is 0 Å². The van der Waals surface area contributed by atoms with E-state index in [4.69, 9.17) is 10.8 Å². The van der Waals surface area contributed by atoms with Gasteiger partial charge in [0.05, 0.1) is 28.8 Å². The van der Waals surface area contributed by atoms with Gasteiger partial charge in [-0.1, -0.05) is 12.1 Å². The maximum Gasteiger partial charge on any atom is 0.255 e. The third-order valence-corrected chi connectivity index (χ3v) is 9.67. The Labute approximate surface area is 263 Å². The summed E-state index contributed by atoms with van der Waals surface area (Å²) in [6.07, 6.45) is 3.20. The van der Waals surface area contributed by atoms with Crippen LogP contribution < -0.4 is 11.3 Å². The highest BCUT2D eigenvalue weighted by Gasteiger charge is 2.30. The number of fused-ring (bicyclic) bond motifs is 3. The average molecular weight is 621 g/mol. The first kappa shape index (κ1) is 28.6. The van der Waals surface area contributed by atoms with E-state index >= 15 is 4.39 Å². The van der Waals surface area contributed by atoms with Gasteiger partial charge in [-0.3, -0.25) is 9.59 Å². The molecule has 8 rings (SSSR count). The van der Waals surface area contributed by atoms with E-state index in [0.29, 0.717) is 23.4 Å². The van der Waals surface area contributed by atoms with Gasteiger partial charge in [-0.15, -0.1) is 0 Å². The largest absolute Gasteiger partial charge is 0.339 e. The number of carbonyl (C=O) groups is 1. The number of nitrogens with one attached hydrogen (secondary N) is 1. The lowest BCUT2D eigenvalue weighted by Gasteiger charge is -2.32. The minimum atomic E-state index is -1.13. The number of amides is 1. The molecule has 10 heteroatoms. The van der Waals surface area contributed by atoms with Crippen LogP contribution in [0.4, 0.5) is 8.78 Å². The predicted molar refractivity (Wildman–Crippen MR) is 175 cm³/mol. The number of H-pyrrole nitrogens is 1. The molecule has 1 aliphatic heterocycles. The van der Waals surface area contributed by atoms with E-state index in [1.54, 1.807) is 22.8 Å². The number of aromatic amines is 1. The Kier molecular flexibility index (Phi) is 6.61. The van der Waals surface area contributed by atoms with Gasteiger partial charge >= 0.3 is 0 Å². The minimum Gasteiger partial charge on any atom is -0.339 e. The summed E-state index contributed by atoms with van der Waals surface area (Å²) in [7, 11) is 0. The van der Waals surface area contributed by atoms with E-state index in [9.17, 15) is 14.0 Å². The fraction of sp³-hybridized carbons (Fsp3) is 0.306. The molecule has 0 radical (unpaired) electrons. The zero-order chi connectivity index (χ0) is 31.9. The molecular weight excluding hydrogens is 586 g/mol. The van der Waals surface area contributed by atoms with E-state index in [-0.39, 0.29) is 36.0 Å². The summed E-state index contributed by atoms with van der Waals surface area (Å²) < 4.78 is 33.5. The Balaban J connectivity index is 1.22. The molecule has 3 N–H and O–H groups in total. The summed E-state index contributed by atoms with van der Waals surface area (Å²) in [6.45, 7) is 5.19. The van der Waals surface area contributed by atoms with Crippen molar-refractivity contribution in [3.8, 4) is 22.5 Å². The van der Waals surface area contributed by atoms with E-state index in [1.807, 2.05) is 26.0 Å². The normalized spacial score (nSPS) is 18.7. The number of aryl methyl sites for hydroxylation is 2. The van der Waals surface area contributed by atoms with Gasteiger partial charge < -0.3 is 20.2 Å². The zero-order valence-corrected chi connectivity index (χ0v) is 25.7. The van der Waals surface area contributed by atoms with Crippen LogP contribution in [0.25, 0.3) is 49.8 Å². The molecule has 2 aliphatic rings. The highest BCUT2D eigenvalue weighted by Crippen LogP contribution is 2.39. The lowest BCUT2D eigenvalue weighted by Crippen LogP contribution is -2.50. The number of aromatic nitrogens is 4. The fourth-order valence-electron chi connectivity index (χ4n) is 7.07. The molecule has 2 fully saturated rings. The zero-order valence-electron chi connectivity index (χ0n) is 25.7. The number of halogens is 2. The van der Waals surface area contributed by atoms with Crippen molar-refractivity contribution in [2.24, 2.45) is 11.7 Å². The van der Waals surface area contributed by atoms with Crippen molar-refractivity contribution in [3.05, 3.63) is 93.7 Å². The molecule has 1 saturated heterocycles. The highest BCUT2D eigenvalue weighted by molar-refractivity contribution is 5.96. The molecule has 46 heavy (non-hydrogen) atoms. The Morgan fingerprint density at radius 2 is 1.85 bits per heavy atom. The summed E-state index contributed by atoms with van der Waals surface area (Å²) in [5.74, 6) is -0.142. The molecule has 5 heterocycles. The first-order valence-electron chi connectivity index (χ1n) is 15.8. The van der Waals surface area contributed by atoms with Crippen LogP contribution in [0.2, 0.25) is 0 Å². The fourth-order valence-corrected chi connectivity index (χ4v) is 7.07. The van der Waals surface area contributed by atoms with Crippen molar-refractivity contribution >= 4 is 33.2 Å². The number of nitrogens with two attached hydrogens (primary N) is 1. The van der Waals surface area contributed by atoms with E-state index < -0.39 is 12.0 Å². The summed E-state index contributed by atoms with van der Waals surface area (Å²) in [5.41, 5.74) is 13.6. The molecule has 1 aliphatic carbocycles. The number of likely N-dealkylation sites (tertiary alicyclic amines) is 1. The topological polar surface area (TPSA) is 101 Å². The maximum atomic E-state index is 15.2. The number of rotatable bonds is 5. The Hall–Kier alpha value is -4.83. The Morgan fingerprint density at radius 3 is 2.63 bits per heavy atom. The van der Waals surface area contributed by atoms with E-state index in [2.05, 4.69) is 27.8 Å². The molecule has 0 bridgehead atoms. The Bertz CT molecular complexity index is 2250. The first-order valence-corrected chi connectivity index (χ1v) is 15.8. The van der Waals surface area contributed by atoms with Crippen LogP contribution in [0.5, 0.6) is 0 Å². The number of benzene rings is 2. The molecule has 8 nitrogen and oxygen atoms in total. The molecule has 234 valence electrons. The molecule has 4 aromatic heterocycles. The molecule has 1 amide bonds. The predicted octanol–water partition coefficient (Wildman–Crippen LogP) is 6.14. The van der Waals surface area contributed by atoms with E-state index in [1.165, 1.54) is 29.9 Å². The summed E-state index contributed by atoms with van der Waals surface area (Å²) in [6, 6.07) is 16.2. The number of hydrogen-bond acceptors (Lipinski definition) is 4. The smallest absolute Gasteiger partial charge is 0.255 e. The van der Waals surface area contributed by atoms with Crippen molar-refractivity contribution in [2.75, 3.05) is 13.1 Å². The molecular formula is C36H34F2N6O2. The molecule has 2 atom stereocenters. The summed E-state index contributed by atoms with van der Waals surface area (Å²) >= 11 is 0. The van der Waals surface area contributed by atoms with Crippen molar-refractivity contribution < 1.29 is 13.6 Å². The van der Waals surface area contributed by atoms with Crippen LogP contribution in [0.1, 0.15) is 40.7 Å². The third kappa shape index (κ3) is 4.79. The van der Waals surface area contributed by atoms with Gasteiger partial charge in [0.2, 0.25) is 5.56 Å². The number of carbonyl (C=O) groups excluding carboxylic acids is 1. The van der Waals surface area contributed by atoms with Crippen LogP contribution in [-0.2, 0) is 6.54 Å². The number of piperidine rings is 1.